The van der Waals surface area contributed by atoms with Crippen LogP contribution in [0.4, 0.5) is 0 Å². The minimum Gasteiger partial charge on any atom is -0.265 e. The standard InChI is InChI=1S/C12H17N/c1-12(7-3-2-4-8-12)11-5-9-13-10-6-11/h5-6,9-10H,2-4,7-8H2,1H3. The van der Waals surface area contributed by atoms with Gasteiger partial charge in [-0.2, -0.15) is 0 Å². The first-order valence-electron chi connectivity index (χ1n) is 5.22. The Bertz CT molecular complexity index is 260. The van der Waals surface area contributed by atoms with Gasteiger partial charge in [0.1, 0.15) is 0 Å². The van der Waals surface area contributed by atoms with Gasteiger partial charge in [-0.25, -0.2) is 0 Å². The first kappa shape index (κ1) is 8.74. The maximum Gasteiger partial charge on any atom is 0.0270 e. The Hall–Kier alpha value is -0.850. The highest BCUT2D eigenvalue weighted by Crippen LogP contribution is 2.38. The van der Waals surface area contributed by atoms with Crippen LogP contribution in [0.1, 0.15) is 44.6 Å². The van der Waals surface area contributed by atoms with E-state index in [1.165, 1.54) is 37.7 Å². The van der Waals surface area contributed by atoms with Crippen molar-refractivity contribution >= 4 is 0 Å². The highest BCUT2D eigenvalue weighted by Gasteiger charge is 2.28. The summed E-state index contributed by atoms with van der Waals surface area (Å²) in [6.07, 6.45) is 10.7. The highest BCUT2D eigenvalue weighted by molar-refractivity contribution is 5.21. The van der Waals surface area contributed by atoms with Crippen LogP contribution in [0.2, 0.25) is 0 Å². The number of aromatic nitrogens is 1. The SMILES string of the molecule is CC1(c2ccncc2)CCCCC1. The third-order valence-electron chi connectivity index (χ3n) is 3.33. The van der Waals surface area contributed by atoms with Crippen LogP contribution >= 0.6 is 0 Å². The second kappa shape index (κ2) is 3.49. The molecule has 1 fully saturated rings. The molecule has 1 heteroatoms. The fraction of sp³-hybridized carbons (Fsp3) is 0.583. The molecule has 1 aromatic rings. The van der Waals surface area contributed by atoms with Crippen molar-refractivity contribution in [2.24, 2.45) is 0 Å². The molecule has 1 aliphatic carbocycles. The van der Waals surface area contributed by atoms with E-state index in [0.29, 0.717) is 5.41 Å². The van der Waals surface area contributed by atoms with E-state index in [9.17, 15) is 0 Å². The molecule has 0 bridgehead atoms. The van der Waals surface area contributed by atoms with E-state index in [-0.39, 0.29) is 0 Å². The summed E-state index contributed by atoms with van der Waals surface area (Å²) in [6, 6.07) is 4.34. The predicted molar refractivity (Wildman–Crippen MR) is 54.7 cm³/mol. The molecule has 1 aliphatic rings. The molecule has 0 amide bonds. The lowest BCUT2D eigenvalue weighted by Crippen LogP contribution is -2.24. The van der Waals surface area contributed by atoms with Crippen molar-refractivity contribution in [1.29, 1.82) is 0 Å². The van der Waals surface area contributed by atoms with Gasteiger partial charge in [-0.05, 0) is 36.0 Å². The van der Waals surface area contributed by atoms with Gasteiger partial charge >= 0.3 is 0 Å². The third kappa shape index (κ3) is 1.74. The minimum atomic E-state index is 0.432. The molecule has 0 radical (unpaired) electrons. The second-order valence-electron chi connectivity index (χ2n) is 4.36. The molecule has 0 spiro atoms. The molecular formula is C12H17N. The fourth-order valence-corrected chi connectivity index (χ4v) is 2.38. The number of nitrogens with zero attached hydrogens (tertiary/aromatic N) is 1. The van der Waals surface area contributed by atoms with Crippen molar-refractivity contribution in [3.05, 3.63) is 30.1 Å². The molecule has 1 saturated carbocycles. The second-order valence-corrected chi connectivity index (χ2v) is 4.36. The maximum atomic E-state index is 4.07. The minimum absolute atomic E-state index is 0.432. The van der Waals surface area contributed by atoms with Crippen LogP contribution in [0.25, 0.3) is 0 Å². The summed E-state index contributed by atoms with van der Waals surface area (Å²) < 4.78 is 0. The Kier molecular flexibility index (Phi) is 2.34. The average Bonchev–Trinajstić information content (AvgIpc) is 2.20. The molecule has 0 aromatic carbocycles. The smallest absolute Gasteiger partial charge is 0.0270 e. The van der Waals surface area contributed by atoms with Crippen LogP contribution in [-0.4, -0.2) is 4.98 Å². The average molecular weight is 175 g/mol. The molecule has 0 atom stereocenters. The zero-order valence-electron chi connectivity index (χ0n) is 8.29. The van der Waals surface area contributed by atoms with Crippen LogP contribution < -0.4 is 0 Å². The summed E-state index contributed by atoms with van der Waals surface area (Å²) in [6.45, 7) is 2.39. The predicted octanol–water partition coefficient (Wildman–Crippen LogP) is 3.30. The largest absolute Gasteiger partial charge is 0.265 e. The summed E-state index contributed by atoms with van der Waals surface area (Å²) in [5.41, 5.74) is 1.91. The van der Waals surface area contributed by atoms with Crippen LogP contribution in [0.15, 0.2) is 24.5 Å². The Labute approximate surface area is 80.2 Å². The normalized spacial score (nSPS) is 21.3. The zero-order valence-corrected chi connectivity index (χ0v) is 8.29. The summed E-state index contributed by atoms with van der Waals surface area (Å²) in [7, 11) is 0. The Morgan fingerprint density at radius 3 is 2.31 bits per heavy atom. The first-order valence-corrected chi connectivity index (χ1v) is 5.22. The van der Waals surface area contributed by atoms with Crippen molar-refractivity contribution in [3.8, 4) is 0 Å². The van der Waals surface area contributed by atoms with E-state index >= 15 is 0 Å². The van der Waals surface area contributed by atoms with Crippen LogP contribution in [0, 0.1) is 0 Å². The number of pyridine rings is 1. The van der Waals surface area contributed by atoms with Crippen LogP contribution in [0.3, 0.4) is 0 Å². The van der Waals surface area contributed by atoms with E-state index in [2.05, 4.69) is 24.0 Å². The van der Waals surface area contributed by atoms with Gasteiger partial charge < -0.3 is 0 Å². The monoisotopic (exact) mass is 175 g/mol. The van der Waals surface area contributed by atoms with E-state index in [1.54, 1.807) is 0 Å². The van der Waals surface area contributed by atoms with Gasteiger partial charge in [0.15, 0.2) is 0 Å². The van der Waals surface area contributed by atoms with E-state index < -0.39 is 0 Å². The molecule has 1 heterocycles. The van der Waals surface area contributed by atoms with Crippen molar-refractivity contribution in [1.82, 2.24) is 4.98 Å². The number of hydrogen-bond donors (Lipinski definition) is 0. The molecule has 1 aromatic heterocycles. The fourth-order valence-electron chi connectivity index (χ4n) is 2.38. The van der Waals surface area contributed by atoms with Crippen molar-refractivity contribution in [2.75, 3.05) is 0 Å². The van der Waals surface area contributed by atoms with Gasteiger partial charge in [0.25, 0.3) is 0 Å². The molecule has 70 valence electrons. The Morgan fingerprint density at radius 2 is 1.69 bits per heavy atom. The van der Waals surface area contributed by atoms with E-state index in [1.807, 2.05) is 12.4 Å². The molecule has 13 heavy (non-hydrogen) atoms. The maximum absolute atomic E-state index is 4.07. The summed E-state index contributed by atoms with van der Waals surface area (Å²) in [4.78, 5) is 4.07. The van der Waals surface area contributed by atoms with Gasteiger partial charge in [0.2, 0.25) is 0 Å². The zero-order chi connectivity index (χ0) is 9.15. The van der Waals surface area contributed by atoms with Gasteiger partial charge in [-0.3, -0.25) is 4.98 Å². The molecule has 0 N–H and O–H groups in total. The Balaban J connectivity index is 2.23. The van der Waals surface area contributed by atoms with Crippen molar-refractivity contribution < 1.29 is 0 Å². The molecule has 1 nitrogen and oxygen atoms in total. The lowest BCUT2D eigenvalue weighted by atomic mass is 9.71. The van der Waals surface area contributed by atoms with Gasteiger partial charge in [-0.1, -0.05) is 26.2 Å². The number of rotatable bonds is 1. The summed E-state index contributed by atoms with van der Waals surface area (Å²) in [5, 5.41) is 0. The lowest BCUT2D eigenvalue weighted by molar-refractivity contribution is 0.319. The summed E-state index contributed by atoms with van der Waals surface area (Å²) in [5.74, 6) is 0. The molecule has 0 aliphatic heterocycles. The van der Waals surface area contributed by atoms with Crippen molar-refractivity contribution in [3.63, 3.8) is 0 Å². The highest BCUT2D eigenvalue weighted by atomic mass is 14.6. The number of hydrogen-bond acceptors (Lipinski definition) is 1. The van der Waals surface area contributed by atoms with E-state index in [4.69, 9.17) is 0 Å². The molecule has 2 rings (SSSR count). The van der Waals surface area contributed by atoms with Crippen molar-refractivity contribution in [2.45, 2.75) is 44.4 Å². The third-order valence-corrected chi connectivity index (χ3v) is 3.33. The van der Waals surface area contributed by atoms with Gasteiger partial charge in [0.05, 0.1) is 0 Å². The van der Waals surface area contributed by atoms with Gasteiger partial charge in [-0.15, -0.1) is 0 Å². The summed E-state index contributed by atoms with van der Waals surface area (Å²) >= 11 is 0. The van der Waals surface area contributed by atoms with Crippen LogP contribution in [-0.2, 0) is 5.41 Å². The quantitative estimate of drug-likeness (QED) is 0.638. The first-order chi connectivity index (χ1) is 6.31. The topological polar surface area (TPSA) is 12.9 Å². The molecular weight excluding hydrogens is 158 g/mol. The lowest BCUT2D eigenvalue weighted by Gasteiger charge is -2.33. The van der Waals surface area contributed by atoms with Crippen LogP contribution in [0.5, 0.6) is 0 Å². The van der Waals surface area contributed by atoms with Gasteiger partial charge in [0, 0.05) is 12.4 Å². The molecule has 0 saturated heterocycles. The molecule has 0 unspecified atom stereocenters. The van der Waals surface area contributed by atoms with E-state index in [0.717, 1.165) is 0 Å². The Morgan fingerprint density at radius 1 is 1.08 bits per heavy atom.